The first-order chi connectivity index (χ1) is 12.7. The van der Waals surface area contributed by atoms with Gasteiger partial charge in [-0.3, -0.25) is 9.69 Å². The lowest BCUT2D eigenvalue weighted by Gasteiger charge is -2.24. The number of anilines is 1. The van der Waals surface area contributed by atoms with Crippen LogP contribution < -0.4 is 4.90 Å². The number of rotatable bonds is 6. The Morgan fingerprint density at radius 2 is 2.23 bits per heavy atom. The summed E-state index contributed by atoms with van der Waals surface area (Å²) in [5, 5.41) is 0.690. The molecule has 0 saturated carbocycles. The van der Waals surface area contributed by atoms with Gasteiger partial charge in [0, 0.05) is 19.6 Å². The predicted molar refractivity (Wildman–Crippen MR) is 98.5 cm³/mol. The maximum Gasteiger partial charge on any atom is 0.409 e. The Bertz CT molecular complexity index is 770. The molecule has 26 heavy (non-hydrogen) atoms. The molecule has 2 aromatic rings. The molecule has 0 spiro atoms. The summed E-state index contributed by atoms with van der Waals surface area (Å²) in [6, 6.07) is 7.86. The van der Waals surface area contributed by atoms with Crippen LogP contribution in [0.2, 0.25) is 0 Å². The van der Waals surface area contributed by atoms with Gasteiger partial charge in [0.2, 0.25) is 5.91 Å². The van der Waals surface area contributed by atoms with Crippen LogP contribution in [0.5, 0.6) is 0 Å². The molecule has 0 aliphatic carbocycles. The number of carbonyl (C=O) groups is 2. The molecule has 3 heterocycles. The van der Waals surface area contributed by atoms with Crippen LogP contribution in [0.3, 0.4) is 0 Å². The van der Waals surface area contributed by atoms with Crippen LogP contribution in [-0.4, -0.2) is 60.8 Å². The highest BCUT2D eigenvalue weighted by atomic mass is 32.1. The zero-order chi connectivity index (χ0) is 17.9. The first-order valence-corrected chi connectivity index (χ1v) is 9.71. The van der Waals surface area contributed by atoms with E-state index in [1.54, 1.807) is 9.80 Å². The Balaban J connectivity index is 1.51. The van der Waals surface area contributed by atoms with Gasteiger partial charge in [0.05, 0.1) is 29.4 Å². The van der Waals surface area contributed by atoms with E-state index in [1.165, 1.54) is 11.3 Å². The minimum absolute atomic E-state index is 0.0424. The molecule has 2 saturated heterocycles. The summed E-state index contributed by atoms with van der Waals surface area (Å²) in [7, 11) is 0. The van der Waals surface area contributed by atoms with Crippen LogP contribution in [0, 0.1) is 0 Å². The summed E-state index contributed by atoms with van der Waals surface area (Å²) in [5.41, 5.74) is 0.890. The van der Waals surface area contributed by atoms with Crippen molar-refractivity contribution in [2.45, 2.75) is 25.4 Å². The number of nitrogens with zero attached hydrogens (tertiary/aromatic N) is 3. The number of hydrogen-bond acceptors (Lipinski definition) is 6. The van der Waals surface area contributed by atoms with Gasteiger partial charge in [0.25, 0.3) is 0 Å². The molecular weight excluding hydrogens is 354 g/mol. The normalized spacial score (nSPS) is 19.9. The standard InChI is InChI=1S/C18H21N3O4S/c22-16(7-8-20-9-11-25-18(20)23)21(12-13-4-3-10-24-13)17-19-14-5-1-2-6-15(14)26-17/h1-2,5-6,13H,3-4,7-12H2. The molecule has 2 fully saturated rings. The third-order valence-electron chi connectivity index (χ3n) is 4.67. The van der Waals surface area contributed by atoms with Crippen molar-refractivity contribution in [2.75, 3.05) is 37.7 Å². The van der Waals surface area contributed by atoms with Crippen molar-refractivity contribution in [1.29, 1.82) is 0 Å². The van der Waals surface area contributed by atoms with Crippen LogP contribution in [0.25, 0.3) is 10.2 Å². The third kappa shape index (κ3) is 3.66. The topological polar surface area (TPSA) is 72.0 Å². The SMILES string of the molecule is O=C1OCCN1CCC(=O)N(CC1CCCO1)c1nc2ccccc2s1. The third-order valence-corrected chi connectivity index (χ3v) is 5.72. The van der Waals surface area contributed by atoms with E-state index in [1.807, 2.05) is 24.3 Å². The summed E-state index contributed by atoms with van der Waals surface area (Å²) < 4.78 is 11.7. The van der Waals surface area contributed by atoms with E-state index in [-0.39, 0.29) is 24.5 Å². The van der Waals surface area contributed by atoms with E-state index in [9.17, 15) is 9.59 Å². The second-order valence-corrected chi connectivity index (χ2v) is 7.46. The smallest absolute Gasteiger partial charge is 0.409 e. The molecule has 0 radical (unpaired) electrons. The van der Waals surface area contributed by atoms with Crippen molar-refractivity contribution in [1.82, 2.24) is 9.88 Å². The van der Waals surface area contributed by atoms with Crippen molar-refractivity contribution < 1.29 is 19.1 Å². The van der Waals surface area contributed by atoms with E-state index < -0.39 is 0 Å². The number of thiazole rings is 1. The fraction of sp³-hybridized carbons (Fsp3) is 0.500. The average Bonchev–Trinajstić information content (AvgIpc) is 3.38. The van der Waals surface area contributed by atoms with Crippen LogP contribution in [0.15, 0.2) is 24.3 Å². The van der Waals surface area contributed by atoms with Crippen LogP contribution in [0.4, 0.5) is 9.93 Å². The van der Waals surface area contributed by atoms with Crippen LogP contribution in [0.1, 0.15) is 19.3 Å². The van der Waals surface area contributed by atoms with Crippen molar-refractivity contribution >= 4 is 38.7 Å². The molecule has 138 valence electrons. The summed E-state index contributed by atoms with van der Waals surface area (Å²) >= 11 is 1.51. The lowest BCUT2D eigenvalue weighted by molar-refractivity contribution is -0.119. The van der Waals surface area contributed by atoms with Gasteiger partial charge in [0.15, 0.2) is 5.13 Å². The van der Waals surface area contributed by atoms with E-state index in [0.29, 0.717) is 31.4 Å². The number of cyclic esters (lactones) is 1. The van der Waals surface area contributed by atoms with Gasteiger partial charge < -0.3 is 14.4 Å². The number of benzene rings is 1. The van der Waals surface area contributed by atoms with E-state index in [2.05, 4.69) is 4.98 Å². The van der Waals surface area contributed by atoms with Gasteiger partial charge in [0.1, 0.15) is 6.61 Å². The molecule has 2 aliphatic heterocycles. The van der Waals surface area contributed by atoms with Gasteiger partial charge in [-0.1, -0.05) is 23.5 Å². The number of carbonyl (C=O) groups excluding carboxylic acids is 2. The molecule has 1 aromatic heterocycles. The highest BCUT2D eigenvalue weighted by Crippen LogP contribution is 2.30. The van der Waals surface area contributed by atoms with Crippen molar-refractivity contribution in [3.63, 3.8) is 0 Å². The Hall–Kier alpha value is -2.19. The van der Waals surface area contributed by atoms with Crippen LogP contribution >= 0.6 is 11.3 Å². The molecular formula is C18H21N3O4S. The highest BCUT2D eigenvalue weighted by molar-refractivity contribution is 7.22. The summed E-state index contributed by atoms with van der Waals surface area (Å²) in [6.07, 6.45) is 1.92. The number of aromatic nitrogens is 1. The zero-order valence-corrected chi connectivity index (χ0v) is 15.2. The maximum absolute atomic E-state index is 12.9. The molecule has 0 N–H and O–H groups in total. The van der Waals surface area contributed by atoms with Gasteiger partial charge in [-0.15, -0.1) is 0 Å². The van der Waals surface area contributed by atoms with E-state index >= 15 is 0 Å². The van der Waals surface area contributed by atoms with E-state index in [4.69, 9.17) is 9.47 Å². The first-order valence-electron chi connectivity index (χ1n) is 8.90. The van der Waals surface area contributed by atoms with Crippen molar-refractivity contribution in [3.05, 3.63) is 24.3 Å². The molecule has 2 amide bonds. The summed E-state index contributed by atoms with van der Waals surface area (Å²) in [5.74, 6) is -0.0424. The fourth-order valence-corrected chi connectivity index (χ4v) is 4.24. The number of amides is 2. The maximum atomic E-state index is 12.9. The van der Waals surface area contributed by atoms with Crippen molar-refractivity contribution in [3.8, 4) is 0 Å². The lowest BCUT2D eigenvalue weighted by Crippen LogP contribution is -2.39. The minimum Gasteiger partial charge on any atom is -0.448 e. The Labute approximate surface area is 155 Å². The first kappa shape index (κ1) is 17.2. The van der Waals surface area contributed by atoms with Gasteiger partial charge >= 0.3 is 6.09 Å². The number of hydrogen-bond donors (Lipinski definition) is 0. The largest absolute Gasteiger partial charge is 0.448 e. The highest BCUT2D eigenvalue weighted by Gasteiger charge is 2.28. The quantitative estimate of drug-likeness (QED) is 0.776. The van der Waals surface area contributed by atoms with Gasteiger partial charge in [-0.2, -0.15) is 0 Å². The van der Waals surface area contributed by atoms with E-state index in [0.717, 1.165) is 29.7 Å². The second kappa shape index (κ2) is 7.59. The minimum atomic E-state index is -0.344. The molecule has 2 aliphatic rings. The second-order valence-electron chi connectivity index (χ2n) is 6.45. The number of para-hydroxylation sites is 1. The molecule has 1 unspecified atom stereocenters. The number of fused-ring (bicyclic) bond motifs is 1. The summed E-state index contributed by atoms with van der Waals surface area (Å²) in [4.78, 5) is 32.4. The molecule has 1 atom stereocenters. The zero-order valence-electron chi connectivity index (χ0n) is 14.4. The van der Waals surface area contributed by atoms with Crippen LogP contribution in [-0.2, 0) is 14.3 Å². The molecule has 8 heteroatoms. The van der Waals surface area contributed by atoms with Gasteiger partial charge in [-0.25, -0.2) is 9.78 Å². The fourth-order valence-electron chi connectivity index (χ4n) is 3.25. The molecule has 1 aromatic carbocycles. The Morgan fingerprint density at radius 1 is 1.35 bits per heavy atom. The Morgan fingerprint density at radius 3 is 2.96 bits per heavy atom. The van der Waals surface area contributed by atoms with Gasteiger partial charge in [-0.05, 0) is 25.0 Å². The molecule has 0 bridgehead atoms. The predicted octanol–water partition coefficient (Wildman–Crippen LogP) is 2.65. The summed E-state index contributed by atoms with van der Waals surface area (Å²) in [6.45, 7) is 2.54. The lowest BCUT2D eigenvalue weighted by atomic mass is 10.2. The molecule has 4 rings (SSSR count). The monoisotopic (exact) mass is 375 g/mol. The Kier molecular flexibility index (Phi) is 5.03. The number of ether oxygens (including phenoxy) is 2. The average molecular weight is 375 g/mol. The molecule has 7 nitrogen and oxygen atoms in total. The van der Waals surface area contributed by atoms with Crippen molar-refractivity contribution in [2.24, 2.45) is 0 Å².